The van der Waals surface area contributed by atoms with Crippen molar-refractivity contribution >= 4 is 63.7 Å². The normalized spacial score (nSPS) is 15.8. The van der Waals surface area contributed by atoms with Crippen LogP contribution in [-0.4, -0.2) is 16.0 Å². The first-order valence-corrected chi connectivity index (χ1v) is 8.94. The summed E-state index contributed by atoms with van der Waals surface area (Å²) in [6, 6.07) is 14.3. The van der Waals surface area contributed by atoms with E-state index in [4.69, 9.17) is 23.8 Å². The number of ketones is 1. The third-order valence-electron chi connectivity index (χ3n) is 3.43. The molecule has 0 aromatic heterocycles. The molecular formula is C19H12ClNO2S2. The molecule has 1 N–H and O–H groups in total. The molecule has 3 nitrogen and oxygen atoms in total. The van der Waals surface area contributed by atoms with E-state index in [2.05, 4.69) is 5.32 Å². The van der Waals surface area contributed by atoms with Crippen LogP contribution >= 0.6 is 35.6 Å². The summed E-state index contributed by atoms with van der Waals surface area (Å²) in [7, 11) is 0. The summed E-state index contributed by atoms with van der Waals surface area (Å²) in [5, 5.41) is 3.18. The predicted molar refractivity (Wildman–Crippen MR) is 108 cm³/mol. The summed E-state index contributed by atoms with van der Waals surface area (Å²) in [4.78, 5) is 24.3. The quantitative estimate of drug-likeness (QED) is 0.469. The second-order valence-corrected chi connectivity index (χ2v) is 7.38. The van der Waals surface area contributed by atoms with Gasteiger partial charge in [-0.2, -0.15) is 0 Å². The van der Waals surface area contributed by atoms with Crippen molar-refractivity contribution in [1.82, 2.24) is 5.32 Å². The van der Waals surface area contributed by atoms with Crippen molar-refractivity contribution in [2.75, 3.05) is 0 Å². The zero-order valence-electron chi connectivity index (χ0n) is 12.9. The minimum absolute atomic E-state index is 0.0876. The number of hydrogen-bond donors (Lipinski definition) is 1. The van der Waals surface area contributed by atoms with E-state index < -0.39 is 0 Å². The molecule has 25 heavy (non-hydrogen) atoms. The van der Waals surface area contributed by atoms with E-state index in [0.29, 0.717) is 19.8 Å². The number of halogens is 1. The van der Waals surface area contributed by atoms with Gasteiger partial charge in [0.1, 0.15) is 4.32 Å². The van der Waals surface area contributed by atoms with E-state index in [1.807, 2.05) is 24.3 Å². The van der Waals surface area contributed by atoms with Crippen molar-refractivity contribution in [3.63, 3.8) is 0 Å². The molecule has 6 heteroatoms. The van der Waals surface area contributed by atoms with Crippen LogP contribution in [0.25, 0.3) is 12.2 Å². The van der Waals surface area contributed by atoms with Crippen LogP contribution in [0.4, 0.5) is 0 Å². The van der Waals surface area contributed by atoms with Gasteiger partial charge in [-0.3, -0.25) is 9.59 Å². The maximum absolute atomic E-state index is 12.1. The van der Waals surface area contributed by atoms with Gasteiger partial charge >= 0.3 is 0 Å². The Morgan fingerprint density at radius 1 is 1.04 bits per heavy atom. The second kappa shape index (κ2) is 7.78. The van der Waals surface area contributed by atoms with Crippen molar-refractivity contribution in [2.45, 2.75) is 0 Å². The van der Waals surface area contributed by atoms with Crippen LogP contribution in [0.3, 0.4) is 0 Å². The van der Waals surface area contributed by atoms with E-state index >= 15 is 0 Å². The number of thiocarbonyl (C=S) groups is 1. The molecule has 0 aliphatic carbocycles. The van der Waals surface area contributed by atoms with E-state index in [1.165, 1.54) is 17.8 Å². The van der Waals surface area contributed by atoms with Crippen LogP contribution in [0.15, 0.2) is 59.5 Å². The number of rotatable bonds is 4. The smallest absolute Gasteiger partial charge is 0.263 e. The molecule has 1 saturated heterocycles. The van der Waals surface area contributed by atoms with Crippen LogP contribution in [-0.2, 0) is 4.79 Å². The average molecular weight is 386 g/mol. The van der Waals surface area contributed by atoms with Crippen LogP contribution in [0.5, 0.6) is 0 Å². The molecule has 124 valence electrons. The van der Waals surface area contributed by atoms with Crippen molar-refractivity contribution < 1.29 is 9.59 Å². The molecule has 2 aromatic carbocycles. The highest BCUT2D eigenvalue weighted by atomic mass is 35.5. The van der Waals surface area contributed by atoms with E-state index in [0.717, 1.165) is 11.1 Å². The van der Waals surface area contributed by atoms with Crippen molar-refractivity contribution in [3.8, 4) is 0 Å². The highest BCUT2D eigenvalue weighted by Gasteiger charge is 2.21. The van der Waals surface area contributed by atoms with Gasteiger partial charge in [0, 0.05) is 10.6 Å². The Morgan fingerprint density at radius 3 is 2.28 bits per heavy atom. The minimum Gasteiger partial charge on any atom is -0.307 e. The van der Waals surface area contributed by atoms with Crippen LogP contribution in [0.2, 0.25) is 5.02 Å². The molecule has 0 spiro atoms. The average Bonchev–Trinajstić information content (AvgIpc) is 2.92. The summed E-state index contributed by atoms with van der Waals surface area (Å²) < 4.78 is 0.469. The summed E-state index contributed by atoms with van der Waals surface area (Å²) in [5.74, 6) is -0.261. The zero-order chi connectivity index (χ0) is 17.8. The molecule has 1 heterocycles. The number of amides is 1. The van der Waals surface area contributed by atoms with Crippen molar-refractivity contribution in [1.29, 1.82) is 0 Å². The maximum Gasteiger partial charge on any atom is 0.263 e. The van der Waals surface area contributed by atoms with Gasteiger partial charge in [-0.1, -0.05) is 65.9 Å². The maximum atomic E-state index is 12.1. The molecule has 0 atom stereocenters. The first-order chi connectivity index (χ1) is 12.0. The van der Waals surface area contributed by atoms with Gasteiger partial charge in [-0.15, -0.1) is 0 Å². The Labute approximate surface area is 159 Å². The van der Waals surface area contributed by atoms with Gasteiger partial charge in [-0.25, -0.2) is 0 Å². The topological polar surface area (TPSA) is 46.2 Å². The second-order valence-electron chi connectivity index (χ2n) is 5.22. The first-order valence-electron chi connectivity index (χ1n) is 7.34. The lowest BCUT2D eigenvalue weighted by molar-refractivity contribution is -0.115. The van der Waals surface area contributed by atoms with Gasteiger partial charge in [-0.05, 0) is 47.5 Å². The summed E-state index contributed by atoms with van der Waals surface area (Å²) in [6.45, 7) is 0. The fourth-order valence-electron chi connectivity index (χ4n) is 2.16. The molecule has 1 fully saturated rings. The van der Waals surface area contributed by atoms with Crippen molar-refractivity contribution in [2.24, 2.45) is 0 Å². The fraction of sp³-hybridized carbons (Fsp3) is 0. The number of nitrogens with one attached hydrogen (secondary N) is 1. The molecule has 1 aliphatic heterocycles. The molecule has 2 aromatic rings. The molecule has 0 bridgehead atoms. The number of carbonyl (C=O) groups excluding carboxylic acids is 2. The molecule has 1 amide bonds. The highest BCUT2D eigenvalue weighted by Crippen LogP contribution is 2.25. The molecule has 0 unspecified atom stereocenters. The molecular weight excluding hydrogens is 374 g/mol. The van der Waals surface area contributed by atoms with Crippen LogP contribution in [0.1, 0.15) is 21.5 Å². The lowest BCUT2D eigenvalue weighted by atomic mass is 10.1. The monoisotopic (exact) mass is 385 g/mol. The van der Waals surface area contributed by atoms with Crippen LogP contribution in [0, 0.1) is 0 Å². The molecule has 1 aliphatic rings. The third kappa shape index (κ3) is 4.66. The van der Waals surface area contributed by atoms with Crippen LogP contribution < -0.4 is 5.32 Å². The number of allylic oxidation sites excluding steroid dienone is 1. The van der Waals surface area contributed by atoms with Gasteiger partial charge < -0.3 is 5.32 Å². The predicted octanol–water partition coefficient (Wildman–Crippen LogP) is 4.72. The summed E-state index contributed by atoms with van der Waals surface area (Å²) in [6.07, 6.45) is 5.06. The number of benzene rings is 2. The van der Waals surface area contributed by atoms with Crippen molar-refractivity contribution in [3.05, 3.63) is 81.2 Å². The van der Waals surface area contributed by atoms with Gasteiger partial charge in [0.2, 0.25) is 0 Å². The van der Waals surface area contributed by atoms with Gasteiger partial charge in [0.15, 0.2) is 5.78 Å². The Bertz CT molecular complexity index is 900. The molecule has 3 rings (SSSR count). The largest absolute Gasteiger partial charge is 0.307 e. The Balaban J connectivity index is 1.69. The SMILES string of the molecule is O=C1NC(=S)S/C1=C/c1ccc(/C=C/C(=O)c2ccc(Cl)cc2)cc1. The third-order valence-corrected chi connectivity index (χ3v) is 4.85. The Kier molecular flexibility index (Phi) is 5.48. The minimum atomic E-state index is -0.174. The summed E-state index contributed by atoms with van der Waals surface area (Å²) in [5.41, 5.74) is 2.37. The summed E-state index contributed by atoms with van der Waals surface area (Å²) >= 11 is 12.0. The van der Waals surface area contributed by atoms with E-state index in [9.17, 15) is 9.59 Å². The molecule has 0 saturated carbocycles. The lowest BCUT2D eigenvalue weighted by Crippen LogP contribution is -2.17. The lowest BCUT2D eigenvalue weighted by Gasteiger charge is -1.98. The zero-order valence-corrected chi connectivity index (χ0v) is 15.3. The molecule has 0 radical (unpaired) electrons. The number of hydrogen-bond acceptors (Lipinski definition) is 4. The number of thioether (sulfide) groups is 1. The fourth-order valence-corrected chi connectivity index (χ4v) is 3.33. The highest BCUT2D eigenvalue weighted by molar-refractivity contribution is 8.26. The van der Waals surface area contributed by atoms with E-state index in [-0.39, 0.29) is 11.7 Å². The van der Waals surface area contributed by atoms with Gasteiger partial charge in [0.05, 0.1) is 4.91 Å². The van der Waals surface area contributed by atoms with Gasteiger partial charge in [0.25, 0.3) is 5.91 Å². The van der Waals surface area contributed by atoms with E-state index in [1.54, 1.807) is 36.4 Å². The Morgan fingerprint density at radius 2 is 1.68 bits per heavy atom. The first kappa shape index (κ1) is 17.6. The number of carbonyl (C=O) groups is 2. The standard InChI is InChI=1S/C19H12ClNO2S2/c20-15-8-6-14(7-9-15)16(22)10-5-12-1-3-13(4-2-12)11-17-18(23)21-19(24)25-17/h1-11H,(H,21,23,24)/b10-5+,17-11+. The Hall–Kier alpha value is -2.21.